The molecule has 0 unspecified atom stereocenters. The normalized spacial score (nSPS) is 34.5. The number of phosphoric acid groups is 2. The number of aliphatic hydroxyl groups excluding tert-OH is 6. The third-order valence-corrected chi connectivity index (χ3v) is 7.72. The smallest absolute Gasteiger partial charge is 0.387 e. The van der Waals surface area contributed by atoms with Crippen molar-refractivity contribution >= 4 is 15.6 Å². The molecule has 0 saturated carbocycles. The summed E-state index contributed by atoms with van der Waals surface area (Å²) in [5.74, 6) is 0. The van der Waals surface area contributed by atoms with Gasteiger partial charge in [-0.05, 0) is 12.8 Å². The summed E-state index contributed by atoms with van der Waals surface area (Å²) in [4.78, 5) is 35.2. The quantitative estimate of drug-likeness (QED) is 0.0529. The number of hydrogen-bond acceptors (Lipinski definition) is 14. The van der Waals surface area contributed by atoms with Gasteiger partial charge in [-0.3, -0.25) is 9.05 Å². The van der Waals surface area contributed by atoms with Crippen LogP contribution in [0.2, 0.25) is 0 Å². The largest absolute Gasteiger partial charge is 0.469 e. The molecule has 2 aliphatic rings. The van der Waals surface area contributed by atoms with Crippen LogP contribution in [0.5, 0.6) is 0 Å². The summed E-state index contributed by atoms with van der Waals surface area (Å²) < 4.78 is 51.9. The lowest BCUT2D eigenvalue weighted by Gasteiger charge is -2.40. The molecule has 10 atom stereocenters. The second kappa shape index (κ2) is 18.1. The summed E-state index contributed by atoms with van der Waals surface area (Å²) in [7, 11) is -9.64. The van der Waals surface area contributed by atoms with Crippen molar-refractivity contribution in [2.45, 2.75) is 113 Å². The molecule has 0 bridgehead atoms. The minimum atomic E-state index is -4.82. The van der Waals surface area contributed by atoms with Gasteiger partial charge < -0.3 is 69.2 Å². The average Bonchev–Trinajstić information content (AvgIpc) is 2.91. The Kier molecular flexibility index (Phi) is 16.4. The van der Waals surface area contributed by atoms with E-state index in [9.17, 15) is 39.8 Å². The Morgan fingerprint density at radius 2 is 0.786 bits per heavy atom. The summed E-state index contributed by atoms with van der Waals surface area (Å²) in [6.07, 6.45) is -8.35. The van der Waals surface area contributed by atoms with E-state index in [0.717, 1.165) is 38.5 Å². The molecule has 2 heterocycles. The summed E-state index contributed by atoms with van der Waals surface area (Å²) in [5.41, 5.74) is 0. The molecular formula is C22H44O18P2. The summed E-state index contributed by atoms with van der Waals surface area (Å²) in [6, 6.07) is 0. The topological polar surface area (TPSA) is 292 Å². The highest BCUT2D eigenvalue weighted by Crippen LogP contribution is 2.38. The monoisotopic (exact) mass is 658 g/mol. The van der Waals surface area contributed by atoms with Gasteiger partial charge in [-0.2, -0.15) is 0 Å². The molecule has 0 aliphatic carbocycles. The Morgan fingerprint density at radius 1 is 0.476 bits per heavy atom. The molecule has 42 heavy (non-hydrogen) atoms. The molecule has 0 aromatic rings. The van der Waals surface area contributed by atoms with Crippen molar-refractivity contribution in [2.24, 2.45) is 0 Å². The van der Waals surface area contributed by atoms with E-state index >= 15 is 0 Å². The van der Waals surface area contributed by atoms with Crippen molar-refractivity contribution in [3.8, 4) is 0 Å². The Bertz CT molecular complexity index is 787. The van der Waals surface area contributed by atoms with Crippen molar-refractivity contribution in [3.63, 3.8) is 0 Å². The van der Waals surface area contributed by atoms with E-state index in [4.69, 9.17) is 38.5 Å². The second-order valence-corrected chi connectivity index (χ2v) is 12.7. The highest BCUT2D eigenvalue weighted by Gasteiger charge is 2.46. The van der Waals surface area contributed by atoms with Gasteiger partial charge >= 0.3 is 15.6 Å². The van der Waals surface area contributed by atoms with Crippen molar-refractivity contribution in [1.29, 1.82) is 0 Å². The van der Waals surface area contributed by atoms with Gasteiger partial charge in [-0.15, -0.1) is 0 Å². The number of hydrogen-bond donors (Lipinski definition) is 10. The van der Waals surface area contributed by atoms with E-state index in [1.54, 1.807) is 0 Å². The maximum Gasteiger partial charge on any atom is 0.469 e. The highest BCUT2D eigenvalue weighted by molar-refractivity contribution is 7.46. The maximum atomic E-state index is 10.9. The third kappa shape index (κ3) is 13.4. The van der Waals surface area contributed by atoms with Crippen LogP contribution in [0.15, 0.2) is 0 Å². The number of unbranched alkanes of at least 4 members (excludes halogenated alkanes) is 7. The first-order valence-electron chi connectivity index (χ1n) is 13.6. The SMILES string of the molecule is O=P(O)(O)OC[C@H]1O[C@H](OCCCCCCCCCCO[C@H]2O[C@H](COP(=O)(O)O)[C@@H](O)[C@H](O)[C@@H]2O)[C@@H](O)[C@@H](O)[C@@H]1O. The van der Waals surface area contributed by atoms with Crippen LogP contribution in [-0.4, -0.2) is 138 Å². The fourth-order valence-corrected chi connectivity index (χ4v) is 5.07. The number of phosphoric ester groups is 2. The Labute approximate surface area is 242 Å². The van der Waals surface area contributed by atoms with Crippen molar-refractivity contribution < 1.29 is 87.3 Å². The summed E-state index contributed by atoms with van der Waals surface area (Å²) in [6.45, 7) is -1.05. The molecule has 2 saturated heterocycles. The van der Waals surface area contributed by atoms with Crippen molar-refractivity contribution in [3.05, 3.63) is 0 Å². The van der Waals surface area contributed by atoms with Crippen LogP contribution < -0.4 is 0 Å². The third-order valence-electron chi connectivity index (χ3n) is 6.75. The molecule has 2 rings (SSSR count). The first kappa shape index (κ1) is 38.0. The van der Waals surface area contributed by atoms with Gasteiger partial charge in [0.15, 0.2) is 12.6 Å². The Hall–Kier alpha value is -0.180. The van der Waals surface area contributed by atoms with E-state index in [1.807, 2.05) is 0 Å². The second-order valence-electron chi connectivity index (χ2n) is 10.2. The molecule has 18 nitrogen and oxygen atoms in total. The number of aliphatic hydroxyl groups is 6. The minimum Gasteiger partial charge on any atom is -0.387 e. The van der Waals surface area contributed by atoms with Crippen molar-refractivity contribution in [2.75, 3.05) is 26.4 Å². The first-order valence-corrected chi connectivity index (χ1v) is 16.7. The zero-order valence-electron chi connectivity index (χ0n) is 22.9. The van der Waals surface area contributed by atoms with Gasteiger partial charge in [0.1, 0.15) is 48.8 Å². The molecule has 250 valence electrons. The summed E-state index contributed by atoms with van der Waals surface area (Å²) in [5, 5.41) is 59.9. The number of ether oxygens (including phenoxy) is 4. The van der Waals surface area contributed by atoms with E-state index in [-0.39, 0.29) is 13.2 Å². The summed E-state index contributed by atoms with van der Waals surface area (Å²) >= 11 is 0. The first-order chi connectivity index (χ1) is 19.6. The van der Waals surface area contributed by atoms with Gasteiger partial charge in [0.25, 0.3) is 0 Å². The van der Waals surface area contributed by atoms with Crippen LogP contribution in [0.1, 0.15) is 51.4 Å². The predicted molar refractivity (Wildman–Crippen MR) is 138 cm³/mol. The van der Waals surface area contributed by atoms with Crippen LogP contribution in [-0.2, 0) is 37.1 Å². The van der Waals surface area contributed by atoms with E-state index in [2.05, 4.69) is 9.05 Å². The van der Waals surface area contributed by atoms with Gasteiger partial charge in [-0.25, -0.2) is 9.13 Å². The van der Waals surface area contributed by atoms with Crippen molar-refractivity contribution in [1.82, 2.24) is 0 Å². The van der Waals surface area contributed by atoms with E-state index in [0.29, 0.717) is 12.8 Å². The van der Waals surface area contributed by atoms with E-state index in [1.165, 1.54) is 0 Å². The molecule has 2 aliphatic heterocycles. The van der Waals surface area contributed by atoms with Gasteiger partial charge in [-0.1, -0.05) is 38.5 Å². The molecule has 0 aromatic heterocycles. The molecular weight excluding hydrogens is 614 g/mol. The predicted octanol–water partition coefficient (Wildman–Crippen LogP) is -2.03. The fourth-order valence-electron chi connectivity index (χ4n) is 4.39. The van der Waals surface area contributed by atoms with Gasteiger partial charge in [0.2, 0.25) is 0 Å². The molecule has 20 heteroatoms. The molecule has 0 aromatic carbocycles. The lowest BCUT2D eigenvalue weighted by Crippen LogP contribution is -2.59. The van der Waals surface area contributed by atoms with Crippen LogP contribution in [0.25, 0.3) is 0 Å². The maximum absolute atomic E-state index is 10.9. The Morgan fingerprint density at radius 3 is 1.10 bits per heavy atom. The van der Waals surface area contributed by atoms with Crippen LogP contribution in [0.3, 0.4) is 0 Å². The van der Waals surface area contributed by atoms with Crippen LogP contribution in [0.4, 0.5) is 0 Å². The van der Waals surface area contributed by atoms with Crippen LogP contribution in [0, 0.1) is 0 Å². The van der Waals surface area contributed by atoms with Gasteiger partial charge in [0.05, 0.1) is 13.2 Å². The molecule has 10 N–H and O–H groups in total. The molecule has 0 radical (unpaired) electrons. The molecule has 0 spiro atoms. The molecule has 2 fully saturated rings. The molecule has 0 amide bonds. The lowest BCUT2D eigenvalue weighted by molar-refractivity contribution is -0.300. The Balaban J connectivity index is 1.53. The zero-order valence-corrected chi connectivity index (χ0v) is 24.7. The average molecular weight is 659 g/mol. The highest BCUT2D eigenvalue weighted by atomic mass is 31.2. The minimum absolute atomic E-state index is 0.182. The fraction of sp³-hybridized carbons (Fsp3) is 1.00. The van der Waals surface area contributed by atoms with Gasteiger partial charge in [0, 0.05) is 13.2 Å². The van der Waals surface area contributed by atoms with E-state index < -0.39 is 90.3 Å². The lowest BCUT2D eigenvalue weighted by atomic mass is 9.99. The van der Waals surface area contributed by atoms with Crippen LogP contribution >= 0.6 is 15.6 Å². The standard InChI is InChI=1S/C22H44O18P2/c23-15-13(11-37-41(29,30)31)39-21(19(27)17(15)25)35-9-7-5-3-1-2-4-6-8-10-36-22-20(28)18(26)16(24)14(40-22)12-38-42(32,33)34/h13-28H,1-12H2,(H2,29,30,31)(H2,32,33,34)/t13-,14-,15-,16-,17+,18+,19+,20+,21+,22+/m1/s1. The zero-order chi connectivity index (χ0) is 31.5. The number of rotatable bonds is 19.